The first-order valence-corrected chi connectivity index (χ1v) is 8.21. The van der Waals surface area contributed by atoms with Gasteiger partial charge in [-0.15, -0.1) is 0 Å². The number of amides is 1. The van der Waals surface area contributed by atoms with E-state index in [4.69, 9.17) is 27.2 Å². The van der Waals surface area contributed by atoms with Gasteiger partial charge in [0.2, 0.25) is 5.91 Å². The lowest BCUT2D eigenvalue weighted by molar-refractivity contribution is -0.137. The molecule has 1 aromatic carbocycles. The average molecular weight is 357 g/mol. The Morgan fingerprint density at radius 2 is 2.00 bits per heavy atom. The Morgan fingerprint density at radius 3 is 2.54 bits per heavy atom. The van der Waals surface area contributed by atoms with Crippen LogP contribution in [-0.4, -0.2) is 46.2 Å². The Balaban J connectivity index is 0.000000648. The second-order valence-electron chi connectivity index (χ2n) is 6.08. The molecular weight excluding hydrogens is 332 g/mol. The quantitative estimate of drug-likeness (QED) is 0.767. The first-order valence-electron chi connectivity index (χ1n) is 7.83. The van der Waals surface area contributed by atoms with Gasteiger partial charge in [-0.25, -0.2) is 0 Å². The van der Waals surface area contributed by atoms with Gasteiger partial charge in [0.25, 0.3) is 5.97 Å². The third kappa shape index (κ3) is 6.86. The minimum absolute atomic E-state index is 0.0856. The Kier molecular flexibility index (Phi) is 8.18. The smallest absolute Gasteiger partial charge is 0.300 e. The molecule has 3 atom stereocenters. The predicted molar refractivity (Wildman–Crippen MR) is 92.6 cm³/mol. The fraction of sp³-hybridized carbons (Fsp3) is 0.529. The van der Waals surface area contributed by atoms with Gasteiger partial charge in [0.15, 0.2) is 0 Å². The SMILES string of the molecule is CC(=O)O.CN(Cc1cccc(Cl)c1)C(=O)[C@H]1CC[C@@H](O)[C@H](N)C1. The molecule has 6 nitrogen and oxygen atoms in total. The third-order valence-corrected chi connectivity index (χ3v) is 4.13. The number of halogens is 1. The maximum Gasteiger partial charge on any atom is 0.300 e. The van der Waals surface area contributed by atoms with Crippen LogP contribution in [0.25, 0.3) is 0 Å². The number of hydrogen-bond donors (Lipinski definition) is 3. The lowest BCUT2D eigenvalue weighted by atomic mass is 9.83. The second-order valence-corrected chi connectivity index (χ2v) is 6.52. The predicted octanol–water partition coefficient (Wildman–Crippen LogP) is 1.88. The number of carbonyl (C=O) groups is 2. The molecule has 1 saturated carbocycles. The molecule has 0 bridgehead atoms. The standard InChI is InChI=1S/C15H21ClN2O2.C2H4O2/c1-18(9-10-3-2-4-12(16)7-10)15(20)11-5-6-14(19)13(17)8-11;1-2(3)4/h2-4,7,11,13-14,19H,5-6,8-9,17H2,1H3;1H3,(H,3,4)/t11-,13+,14+;/m0./s1. The summed E-state index contributed by atoms with van der Waals surface area (Å²) in [4.78, 5) is 23.1. The van der Waals surface area contributed by atoms with Crippen molar-refractivity contribution in [1.29, 1.82) is 0 Å². The van der Waals surface area contributed by atoms with Gasteiger partial charge in [-0.2, -0.15) is 0 Å². The first-order chi connectivity index (χ1) is 11.2. The normalized spacial score (nSPS) is 23.0. The van der Waals surface area contributed by atoms with Crippen LogP contribution in [-0.2, 0) is 16.1 Å². The van der Waals surface area contributed by atoms with Crippen LogP contribution in [0.2, 0.25) is 5.02 Å². The lowest BCUT2D eigenvalue weighted by Crippen LogP contribution is -2.45. The van der Waals surface area contributed by atoms with Crippen LogP contribution in [0.3, 0.4) is 0 Å². The number of hydrogen-bond acceptors (Lipinski definition) is 4. The van der Waals surface area contributed by atoms with Crippen LogP contribution in [0.5, 0.6) is 0 Å². The first kappa shape index (κ1) is 20.4. The van der Waals surface area contributed by atoms with E-state index in [2.05, 4.69) is 0 Å². The Morgan fingerprint density at radius 1 is 1.38 bits per heavy atom. The molecule has 0 heterocycles. The van der Waals surface area contributed by atoms with Crippen LogP contribution < -0.4 is 5.73 Å². The zero-order chi connectivity index (χ0) is 18.3. The number of aliphatic hydroxyl groups is 1. The summed E-state index contributed by atoms with van der Waals surface area (Å²) in [6.07, 6.45) is 1.38. The fourth-order valence-corrected chi connectivity index (χ4v) is 2.93. The molecule has 0 aliphatic heterocycles. The summed E-state index contributed by atoms with van der Waals surface area (Å²) in [6.45, 7) is 1.62. The van der Waals surface area contributed by atoms with Crippen LogP contribution in [0.1, 0.15) is 31.7 Å². The fourth-order valence-electron chi connectivity index (χ4n) is 2.71. The Labute approximate surface area is 147 Å². The molecule has 4 N–H and O–H groups in total. The van der Waals surface area contributed by atoms with Gasteiger partial charge < -0.3 is 20.8 Å². The summed E-state index contributed by atoms with van der Waals surface area (Å²) in [7, 11) is 1.79. The number of carboxylic acids is 1. The molecule has 1 fully saturated rings. The van der Waals surface area contributed by atoms with Crippen molar-refractivity contribution < 1.29 is 19.8 Å². The molecule has 1 amide bonds. The highest BCUT2D eigenvalue weighted by Gasteiger charge is 2.32. The van der Waals surface area contributed by atoms with Crippen LogP contribution in [0.15, 0.2) is 24.3 Å². The molecule has 0 unspecified atom stereocenters. The lowest BCUT2D eigenvalue weighted by Gasteiger charge is -2.32. The minimum atomic E-state index is -0.833. The number of benzene rings is 1. The maximum absolute atomic E-state index is 12.4. The van der Waals surface area contributed by atoms with Crippen LogP contribution in [0, 0.1) is 5.92 Å². The van der Waals surface area contributed by atoms with Gasteiger partial charge in [0, 0.05) is 37.5 Å². The highest BCUT2D eigenvalue weighted by Crippen LogP contribution is 2.25. The van der Waals surface area contributed by atoms with E-state index in [0.717, 1.165) is 12.5 Å². The number of nitrogens with two attached hydrogens (primary N) is 1. The highest BCUT2D eigenvalue weighted by atomic mass is 35.5. The topological polar surface area (TPSA) is 104 Å². The van der Waals surface area contributed by atoms with E-state index in [1.807, 2.05) is 24.3 Å². The van der Waals surface area contributed by atoms with E-state index in [1.165, 1.54) is 0 Å². The summed E-state index contributed by atoms with van der Waals surface area (Å²) >= 11 is 5.94. The molecule has 1 aromatic rings. The Bertz CT molecular complexity index is 563. The zero-order valence-corrected chi connectivity index (χ0v) is 14.7. The van der Waals surface area contributed by atoms with Gasteiger partial charge >= 0.3 is 0 Å². The minimum Gasteiger partial charge on any atom is -0.481 e. The molecule has 0 saturated heterocycles. The number of rotatable bonds is 3. The van der Waals surface area contributed by atoms with Crippen molar-refractivity contribution >= 4 is 23.5 Å². The van der Waals surface area contributed by atoms with Crippen molar-refractivity contribution in [3.8, 4) is 0 Å². The zero-order valence-electron chi connectivity index (χ0n) is 14.0. The number of aliphatic hydroxyl groups excluding tert-OH is 1. The van der Waals surface area contributed by atoms with E-state index in [9.17, 15) is 9.90 Å². The molecule has 0 aromatic heterocycles. The maximum atomic E-state index is 12.4. The molecule has 1 aliphatic rings. The molecule has 0 radical (unpaired) electrons. The van der Waals surface area contributed by atoms with E-state index in [1.54, 1.807) is 11.9 Å². The van der Waals surface area contributed by atoms with E-state index >= 15 is 0 Å². The van der Waals surface area contributed by atoms with Gasteiger partial charge in [0.05, 0.1) is 6.10 Å². The molecule has 134 valence electrons. The summed E-state index contributed by atoms with van der Waals surface area (Å²) in [5.41, 5.74) is 6.85. The van der Waals surface area contributed by atoms with E-state index in [-0.39, 0.29) is 17.9 Å². The Hall–Kier alpha value is -1.63. The molecular formula is C17H25ClN2O4. The van der Waals surface area contributed by atoms with Crippen molar-refractivity contribution in [2.45, 2.75) is 44.9 Å². The largest absolute Gasteiger partial charge is 0.481 e. The second kappa shape index (κ2) is 9.61. The number of aliphatic carboxylic acids is 1. The van der Waals surface area contributed by atoms with Crippen molar-refractivity contribution in [2.24, 2.45) is 11.7 Å². The van der Waals surface area contributed by atoms with E-state index < -0.39 is 12.1 Å². The summed E-state index contributed by atoms with van der Waals surface area (Å²) in [5.74, 6) is -0.829. The molecule has 2 rings (SSSR count). The summed E-state index contributed by atoms with van der Waals surface area (Å²) < 4.78 is 0. The molecule has 0 spiro atoms. The highest BCUT2D eigenvalue weighted by molar-refractivity contribution is 6.30. The summed E-state index contributed by atoms with van der Waals surface area (Å²) in [5, 5.41) is 17.7. The third-order valence-electron chi connectivity index (χ3n) is 3.90. The van der Waals surface area contributed by atoms with Crippen molar-refractivity contribution in [3.05, 3.63) is 34.9 Å². The summed E-state index contributed by atoms with van der Waals surface area (Å²) in [6, 6.07) is 7.21. The van der Waals surface area contributed by atoms with Gasteiger partial charge in [-0.3, -0.25) is 9.59 Å². The number of carboxylic acid groups (broad SMARTS) is 1. The van der Waals surface area contributed by atoms with Gasteiger partial charge in [0.1, 0.15) is 0 Å². The van der Waals surface area contributed by atoms with Crippen molar-refractivity contribution in [1.82, 2.24) is 4.90 Å². The van der Waals surface area contributed by atoms with Crippen molar-refractivity contribution in [3.63, 3.8) is 0 Å². The number of carbonyl (C=O) groups excluding carboxylic acids is 1. The van der Waals surface area contributed by atoms with Crippen LogP contribution >= 0.6 is 11.6 Å². The van der Waals surface area contributed by atoms with Crippen LogP contribution in [0.4, 0.5) is 0 Å². The number of nitrogens with zero attached hydrogens (tertiary/aromatic N) is 1. The molecule has 1 aliphatic carbocycles. The van der Waals surface area contributed by atoms with E-state index in [0.29, 0.717) is 30.8 Å². The molecule has 7 heteroatoms. The van der Waals surface area contributed by atoms with Gasteiger partial charge in [-0.05, 0) is 37.0 Å². The van der Waals surface area contributed by atoms with Gasteiger partial charge in [-0.1, -0.05) is 23.7 Å². The monoisotopic (exact) mass is 356 g/mol. The molecule has 24 heavy (non-hydrogen) atoms. The van der Waals surface area contributed by atoms with Crippen molar-refractivity contribution in [2.75, 3.05) is 7.05 Å². The average Bonchev–Trinajstić information content (AvgIpc) is 2.48.